The van der Waals surface area contributed by atoms with Crippen molar-refractivity contribution < 1.29 is 14.6 Å². The van der Waals surface area contributed by atoms with Crippen LogP contribution in [0.15, 0.2) is 11.6 Å². The maximum Gasteiger partial charge on any atom is 0.506 e. The Kier molecular flexibility index (Phi) is 4.37. The molecule has 0 aromatic carbocycles. The van der Waals surface area contributed by atoms with Crippen LogP contribution in [0.3, 0.4) is 0 Å². The summed E-state index contributed by atoms with van der Waals surface area (Å²) in [6, 6.07) is 0. The van der Waals surface area contributed by atoms with E-state index in [1.54, 1.807) is 0 Å². The first-order valence-electron chi connectivity index (χ1n) is 3.18. The van der Waals surface area contributed by atoms with Crippen LogP contribution in [0.4, 0.5) is 4.79 Å². The summed E-state index contributed by atoms with van der Waals surface area (Å²) in [6.45, 7) is 4.01. The molecular formula is C7H12O3. The minimum atomic E-state index is -1.22. The molecule has 0 amide bonds. The van der Waals surface area contributed by atoms with Gasteiger partial charge in [0.1, 0.15) is 6.61 Å². The van der Waals surface area contributed by atoms with Gasteiger partial charge < -0.3 is 9.84 Å². The van der Waals surface area contributed by atoms with E-state index >= 15 is 0 Å². The number of hydrogen-bond donors (Lipinski definition) is 1. The molecule has 0 aromatic rings. The van der Waals surface area contributed by atoms with Crippen molar-refractivity contribution in [3.63, 3.8) is 0 Å². The molecule has 0 rings (SSSR count). The van der Waals surface area contributed by atoms with Gasteiger partial charge in [-0.05, 0) is 18.9 Å². The van der Waals surface area contributed by atoms with E-state index in [-0.39, 0.29) is 6.61 Å². The van der Waals surface area contributed by atoms with Crippen molar-refractivity contribution in [1.29, 1.82) is 0 Å². The van der Waals surface area contributed by atoms with Gasteiger partial charge in [0.25, 0.3) is 0 Å². The standard InChI is InChI=1S/C7H12O3/c1-3-4-6(2)5-10-7(8)9/h4H,3,5H2,1-2H3,(H,8,9)/b6-4+. The Morgan fingerprint density at radius 2 is 2.30 bits per heavy atom. The van der Waals surface area contributed by atoms with Crippen LogP contribution < -0.4 is 0 Å². The maximum atomic E-state index is 9.86. The second kappa shape index (κ2) is 4.85. The number of carboxylic acid groups (broad SMARTS) is 1. The Morgan fingerprint density at radius 3 is 2.70 bits per heavy atom. The second-order valence-corrected chi connectivity index (χ2v) is 2.01. The summed E-state index contributed by atoms with van der Waals surface area (Å²) in [6.07, 6.45) is 1.63. The van der Waals surface area contributed by atoms with Crippen LogP contribution in [0.25, 0.3) is 0 Å². The fraction of sp³-hybridized carbons (Fsp3) is 0.571. The monoisotopic (exact) mass is 144 g/mol. The lowest BCUT2D eigenvalue weighted by molar-refractivity contribution is 0.0996. The number of carbonyl (C=O) groups is 1. The predicted molar refractivity (Wildman–Crippen MR) is 38.0 cm³/mol. The van der Waals surface area contributed by atoms with E-state index in [9.17, 15) is 4.79 Å². The molecule has 0 aromatic heterocycles. The van der Waals surface area contributed by atoms with E-state index in [1.165, 1.54) is 0 Å². The molecule has 0 saturated carbocycles. The van der Waals surface area contributed by atoms with Crippen LogP contribution in [0.1, 0.15) is 20.3 Å². The summed E-state index contributed by atoms with van der Waals surface area (Å²) in [5.74, 6) is 0. The molecule has 58 valence electrons. The third-order valence-electron chi connectivity index (χ3n) is 0.976. The van der Waals surface area contributed by atoms with Gasteiger partial charge in [0.2, 0.25) is 0 Å². The topological polar surface area (TPSA) is 46.5 Å². The SMILES string of the molecule is CC/C=C(\C)COC(=O)O. The number of allylic oxidation sites excluding steroid dienone is 1. The molecule has 0 bridgehead atoms. The van der Waals surface area contributed by atoms with Crippen LogP contribution in [0.5, 0.6) is 0 Å². The van der Waals surface area contributed by atoms with Crippen molar-refractivity contribution in [2.24, 2.45) is 0 Å². The number of rotatable bonds is 3. The van der Waals surface area contributed by atoms with Gasteiger partial charge in [-0.25, -0.2) is 4.79 Å². The first kappa shape index (κ1) is 9.01. The first-order chi connectivity index (χ1) is 4.66. The molecule has 3 heteroatoms. The van der Waals surface area contributed by atoms with E-state index in [2.05, 4.69) is 4.74 Å². The highest BCUT2D eigenvalue weighted by atomic mass is 16.7. The predicted octanol–water partition coefficient (Wildman–Crippen LogP) is 2.04. The fourth-order valence-electron chi connectivity index (χ4n) is 0.583. The van der Waals surface area contributed by atoms with Crippen LogP contribution in [-0.2, 0) is 4.74 Å². The van der Waals surface area contributed by atoms with E-state index in [1.807, 2.05) is 19.9 Å². The summed E-state index contributed by atoms with van der Waals surface area (Å²) in [4.78, 5) is 9.86. The average molecular weight is 144 g/mol. The van der Waals surface area contributed by atoms with Crippen LogP contribution in [-0.4, -0.2) is 17.9 Å². The molecule has 0 aliphatic rings. The Balaban J connectivity index is 3.48. The normalized spacial score (nSPS) is 11.2. The zero-order valence-corrected chi connectivity index (χ0v) is 6.26. The highest BCUT2D eigenvalue weighted by Gasteiger charge is 1.94. The summed E-state index contributed by atoms with van der Waals surface area (Å²) >= 11 is 0. The van der Waals surface area contributed by atoms with E-state index in [0.717, 1.165) is 12.0 Å². The molecule has 3 nitrogen and oxygen atoms in total. The van der Waals surface area contributed by atoms with Gasteiger partial charge in [-0.1, -0.05) is 13.0 Å². The van der Waals surface area contributed by atoms with Gasteiger partial charge in [0, 0.05) is 0 Å². The van der Waals surface area contributed by atoms with Gasteiger partial charge in [0.15, 0.2) is 0 Å². The average Bonchev–Trinajstić information content (AvgIpc) is 1.85. The van der Waals surface area contributed by atoms with Gasteiger partial charge in [-0.15, -0.1) is 0 Å². The van der Waals surface area contributed by atoms with Crippen molar-refractivity contribution in [3.8, 4) is 0 Å². The minimum absolute atomic E-state index is 0.184. The quantitative estimate of drug-likeness (QED) is 0.487. The minimum Gasteiger partial charge on any atom is -0.450 e. The van der Waals surface area contributed by atoms with Crippen molar-refractivity contribution in [3.05, 3.63) is 11.6 Å². The molecular weight excluding hydrogens is 132 g/mol. The maximum absolute atomic E-state index is 9.86. The van der Waals surface area contributed by atoms with E-state index in [4.69, 9.17) is 5.11 Å². The molecule has 0 aliphatic heterocycles. The fourth-order valence-corrected chi connectivity index (χ4v) is 0.583. The van der Waals surface area contributed by atoms with Crippen LogP contribution in [0, 0.1) is 0 Å². The molecule has 0 spiro atoms. The Hall–Kier alpha value is -0.990. The van der Waals surface area contributed by atoms with Gasteiger partial charge in [-0.3, -0.25) is 0 Å². The van der Waals surface area contributed by atoms with Crippen molar-refractivity contribution in [1.82, 2.24) is 0 Å². The molecule has 1 N–H and O–H groups in total. The lowest BCUT2D eigenvalue weighted by Crippen LogP contribution is -2.02. The van der Waals surface area contributed by atoms with Gasteiger partial charge in [0.05, 0.1) is 0 Å². The van der Waals surface area contributed by atoms with E-state index in [0.29, 0.717) is 0 Å². The lowest BCUT2D eigenvalue weighted by Gasteiger charge is -1.98. The van der Waals surface area contributed by atoms with Crippen molar-refractivity contribution >= 4 is 6.16 Å². The zero-order valence-electron chi connectivity index (χ0n) is 6.26. The summed E-state index contributed by atoms with van der Waals surface area (Å²) < 4.78 is 4.30. The highest BCUT2D eigenvalue weighted by Crippen LogP contribution is 1.95. The first-order valence-corrected chi connectivity index (χ1v) is 3.18. The molecule has 0 atom stereocenters. The van der Waals surface area contributed by atoms with Crippen LogP contribution in [0.2, 0.25) is 0 Å². The van der Waals surface area contributed by atoms with Crippen LogP contribution >= 0.6 is 0 Å². The molecule has 10 heavy (non-hydrogen) atoms. The Morgan fingerprint density at radius 1 is 1.70 bits per heavy atom. The molecule has 0 fully saturated rings. The summed E-state index contributed by atoms with van der Waals surface area (Å²) in [7, 11) is 0. The largest absolute Gasteiger partial charge is 0.506 e. The molecule has 0 aliphatic carbocycles. The van der Waals surface area contributed by atoms with Crippen molar-refractivity contribution in [2.75, 3.05) is 6.61 Å². The third kappa shape index (κ3) is 5.15. The van der Waals surface area contributed by atoms with E-state index < -0.39 is 6.16 Å². The molecule has 0 heterocycles. The second-order valence-electron chi connectivity index (χ2n) is 2.01. The zero-order chi connectivity index (χ0) is 7.98. The lowest BCUT2D eigenvalue weighted by atomic mass is 10.3. The molecule has 0 saturated heterocycles. The van der Waals surface area contributed by atoms with Gasteiger partial charge in [-0.2, -0.15) is 0 Å². The highest BCUT2D eigenvalue weighted by molar-refractivity contribution is 5.57. The smallest absolute Gasteiger partial charge is 0.450 e. The Labute approximate surface area is 60.3 Å². The number of ether oxygens (including phenoxy) is 1. The summed E-state index contributed by atoms with van der Waals surface area (Å²) in [5.41, 5.74) is 0.949. The third-order valence-corrected chi connectivity index (χ3v) is 0.976. The molecule has 0 unspecified atom stereocenters. The Bertz CT molecular complexity index is 138. The van der Waals surface area contributed by atoms with Crippen molar-refractivity contribution in [2.45, 2.75) is 20.3 Å². The molecule has 0 radical (unpaired) electrons. The van der Waals surface area contributed by atoms with Gasteiger partial charge >= 0.3 is 6.16 Å². The summed E-state index contributed by atoms with van der Waals surface area (Å²) in [5, 5.41) is 8.08. The number of hydrogen-bond acceptors (Lipinski definition) is 2.